The number of ether oxygens (including phenoxy) is 1. The Bertz CT molecular complexity index is 777. The molecule has 0 saturated carbocycles. The molecule has 9 heteroatoms. The number of carbonyl (C=O) groups excluding carboxylic acids is 2. The van der Waals surface area contributed by atoms with Gasteiger partial charge in [0.1, 0.15) is 11.1 Å². The van der Waals surface area contributed by atoms with Crippen molar-refractivity contribution in [1.82, 2.24) is 5.32 Å². The largest absolute Gasteiger partial charge is 0.442 e. The number of anilines is 1. The predicted molar refractivity (Wildman–Crippen MR) is 85.7 cm³/mol. The van der Waals surface area contributed by atoms with Crippen molar-refractivity contribution in [3.8, 4) is 0 Å². The summed E-state index contributed by atoms with van der Waals surface area (Å²) in [6, 6.07) is 8.08. The Balaban J connectivity index is 1.63. The molecular weight excluding hydrogens is 357 g/mol. The number of halogens is 3. The second-order valence-corrected chi connectivity index (χ2v) is 6.25. The van der Waals surface area contributed by atoms with E-state index in [1.165, 1.54) is 28.4 Å². The van der Waals surface area contributed by atoms with E-state index in [0.717, 1.165) is 12.1 Å². The van der Waals surface area contributed by atoms with Crippen molar-refractivity contribution in [3.63, 3.8) is 0 Å². The molecule has 0 radical (unpaired) electrons. The summed E-state index contributed by atoms with van der Waals surface area (Å²) in [5.41, 5.74) is -1.47. The first-order chi connectivity index (χ1) is 11.9. The molecule has 5 nitrogen and oxygen atoms in total. The number of hydrogen-bond acceptors (Lipinski definition) is 4. The summed E-state index contributed by atoms with van der Waals surface area (Å²) in [5.74, 6) is -0.862. The number of alkyl halides is 3. The highest BCUT2D eigenvalue weighted by atomic mass is 32.1. The van der Waals surface area contributed by atoms with Gasteiger partial charge in [-0.15, -0.1) is 11.3 Å². The van der Waals surface area contributed by atoms with Crippen LogP contribution in [0.1, 0.15) is 15.9 Å². The fourth-order valence-corrected chi connectivity index (χ4v) is 3.19. The normalized spacial score (nSPS) is 17.5. The highest BCUT2D eigenvalue weighted by Crippen LogP contribution is 2.32. The maximum absolute atomic E-state index is 13.0. The molecule has 1 aliphatic rings. The van der Waals surface area contributed by atoms with Crippen LogP contribution in [0, 0.1) is 0 Å². The molecule has 1 atom stereocenters. The van der Waals surface area contributed by atoms with Crippen LogP contribution < -0.4 is 10.2 Å². The quantitative estimate of drug-likeness (QED) is 0.896. The number of hydrogen-bond donors (Lipinski definition) is 1. The number of amides is 2. The van der Waals surface area contributed by atoms with Gasteiger partial charge in [-0.3, -0.25) is 9.69 Å². The third-order valence-corrected chi connectivity index (χ3v) is 4.50. The number of nitrogens with zero attached hydrogens (tertiary/aromatic N) is 1. The van der Waals surface area contributed by atoms with E-state index in [-0.39, 0.29) is 13.1 Å². The predicted octanol–water partition coefficient (Wildman–Crippen LogP) is 3.52. The summed E-state index contributed by atoms with van der Waals surface area (Å²) in [7, 11) is 0. The van der Waals surface area contributed by atoms with Crippen LogP contribution in [0.3, 0.4) is 0 Å². The summed E-state index contributed by atoms with van der Waals surface area (Å²) >= 11 is 1.36. The van der Waals surface area contributed by atoms with Gasteiger partial charge in [0.25, 0.3) is 5.91 Å². The van der Waals surface area contributed by atoms with Crippen LogP contribution in [0.4, 0.5) is 23.0 Å². The van der Waals surface area contributed by atoms with Crippen LogP contribution in [0.15, 0.2) is 41.8 Å². The lowest BCUT2D eigenvalue weighted by molar-refractivity contribution is -0.137. The molecule has 1 saturated heterocycles. The topological polar surface area (TPSA) is 58.6 Å². The van der Waals surface area contributed by atoms with Gasteiger partial charge in [0.2, 0.25) is 0 Å². The molecule has 1 aliphatic heterocycles. The number of carbonyl (C=O) groups is 2. The van der Waals surface area contributed by atoms with Gasteiger partial charge < -0.3 is 10.1 Å². The lowest BCUT2D eigenvalue weighted by Crippen LogP contribution is -2.35. The first-order valence-corrected chi connectivity index (χ1v) is 8.20. The van der Waals surface area contributed by atoms with Crippen LogP contribution in [-0.4, -0.2) is 31.2 Å². The molecule has 25 heavy (non-hydrogen) atoms. The van der Waals surface area contributed by atoms with E-state index in [1.807, 2.05) is 5.38 Å². The lowest BCUT2D eigenvalue weighted by atomic mass is 10.1. The lowest BCUT2D eigenvalue weighted by Gasteiger charge is -2.14. The van der Waals surface area contributed by atoms with Crippen molar-refractivity contribution in [2.75, 3.05) is 18.0 Å². The Labute approximate surface area is 145 Å². The molecule has 0 bridgehead atoms. The summed E-state index contributed by atoms with van der Waals surface area (Å²) < 4.78 is 44.0. The third-order valence-electron chi connectivity index (χ3n) is 3.61. The second kappa shape index (κ2) is 6.75. The minimum Gasteiger partial charge on any atom is -0.442 e. The average Bonchev–Trinajstić information content (AvgIpc) is 3.21. The molecule has 1 fully saturated rings. The first-order valence-electron chi connectivity index (χ1n) is 7.32. The minimum absolute atomic E-state index is 0.0708. The maximum Gasteiger partial charge on any atom is 0.417 e. The van der Waals surface area contributed by atoms with E-state index in [1.54, 1.807) is 12.1 Å². The zero-order valence-electron chi connectivity index (χ0n) is 12.7. The fraction of sp³-hybridized carbons (Fsp3) is 0.250. The van der Waals surface area contributed by atoms with E-state index in [4.69, 9.17) is 4.74 Å². The van der Waals surface area contributed by atoms with Crippen LogP contribution in [0.2, 0.25) is 0 Å². The molecule has 1 aromatic heterocycles. The number of cyclic esters (lactones) is 1. The number of thiophene rings is 1. The van der Waals surface area contributed by atoms with Crippen LogP contribution in [0.25, 0.3) is 0 Å². The Hall–Kier alpha value is -2.55. The van der Waals surface area contributed by atoms with Crippen LogP contribution in [0.5, 0.6) is 0 Å². The molecule has 1 aromatic carbocycles. The molecule has 2 heterocycles. The average molecular weight is 370 g/mol. The van der Waals surface area contributed by atoms with Crippen LogP contribution in [-0.2, 0) is 10.9 Å². The van der Waals surface area contributed by atoms with Crippen molar-refractivity contribution in [2.45, 2.75) is 12.3 Å². The van der Waals surface area contributed by atoms with Crippen molar-refractivity contribution in [2.24, 2.45) is 0 Å². The van der Waals surface area contributed by atoms with E-state index in [9.17, 15) is 22.8 Å². The fourth-order valence-electron chi connectivity index (χ4n) is 2.46. The van der Waals surface area contributed by atoms with Crippen molar-refractivity contribution in [3.05, 3.63) is 52.9 Å². The van der Waals surface area contributed by atoms with Crippen molar-refractivity contribution >= 4 is 28.3 Å². The summed E-state index contributed by atoms with van der Waals surface area (Å²) in [6.07, 6.45) is -5.79. The number of nitrogens with one attached hydrogen (secondary N) is 1. The molecular formula is C16H13F3N2O3S. The molecule has 0 spiro atoms. The van der Waals surface area contributed by atoms with Gasteiger partial charge in [-0.05, 0) is 29.6 Å². The number of rotatable bonds is 4. The second-order valence-electron chi connectivity index (χ2n) is 5.32. The van der Waals surface area contributed by atoms with E-state index in [0.29, 0.717) is 5.00 Å². The maximum atomic E-state index is 13.0. The highest BCUT2D eigenvalue weighted by molar-refractivity contribution is 7.14. The van der Waals surface area contributed by atoms with E-state index < -0.39 is 35.4 Å². The van der Waals surface area contributed by atoms with E-state index in [2.05, 4.69) is 5.32 Å². The van der Waals surface area contributed by atoms with Gasteiger partial charge in [0.15, 0.2) is 0 Å². The standard InChI is InChI=1S/C16H13F3N2O3S/c17-16(18,19)12-5-2-1-4-11(12)14(22)20-8-10-9-21(15(23)24-10)13-6-3-7-25-13/h1-7,10H,8-9H2,(H,20,22). The third kappa shape index (κ3) is 3.76. The Morgan fingerprint density at radius 2 is 2.04 bits per heavy atom. The zero-order valence-corrected chi connectivity index (χ0v) is 13.6. The van der Waals surface area contributed by atoms with Crippen LogP contribution >= 0.6 is 11.3 Å². The highest BCUT2D eigenvalue weighted by Gasteiger charge is 2.36. The first kappa shape index (κ1) is 17.3. The van der Waals surface area contributed by atoms with Gasteiger partial charge in [0.05, 0.1) is 24.2 Å². The van der Waals surface area contributed by atoms with Gasteiger partial charge in [-0.2, -0.15) is 13.2 Å². The van der Waals surface area contributed by atoms with Gasteiger partial charge in [0, 0.05) is 0 Å². The molecule has 1 unspecified atom stereocenters. The molecule has 3 rings (SSSR count). The van der Waals surface area contributed by atoms with Crippen molar-refractivity contribution < 1.29 is 27.5 Å². The molecule has 2 amide bonds. The summed E-state index contributed by atoms with van der Waals surface area (Å²) in [6.45, 7) is 0.152. The minimum atomic E-state index is -4.62. The summed E-state index contributed by atoms with van der Waals surface area (Å²) in [4.78, 5) is 25.4. The Morgan fingerprint density at radius 1 is 1.28 bits per heavy atom. The number of benzene rings is 1. The molecule has 2 aromatic rings. The zero-order chi connectivity index (χ0) is 18.0. The summed E-state index contributed by atoms with van der Waals surface area (Å²) in [5, 5.41) is 4.92. The Morgan fingerprint density at radius 3 is 2.72 bits per heavy atom. The molecule has 132 valence electrons. The smallest absolute Gasteiger partial charge is 0.417 e. The van der Waals surface area contributed by atoms with Gasteiger partial charge >= 0.3 is 12.3 Å². The SMILES string of the molecule is O=C(NCC1CN(c2cccs2)C(=O)O1)c1ccccc1C(F)(F)F. The monoisotopic (exact) mass is 370 g/mol. The Kier molecular flexibility index (Phi) is 4.67. The van der Waals surface area contributed by atoms with E-state index >= 15 is 0 Å². The molecule has 0 aliphatic carbocycles. The van der Waals surface area contributed by atoms with Crippen molar-refractivity contribution in [1.29, 1.82) is 0 Å². The van der Waals surface area contributed by atoms with Gasteiger partial charge in [-0.1, -0.05) is 12.1 Å². The van der Waals surface area contributed by atoms with Gasteiger partial charge in [-0.25, -0.2) is 4.79 Å². The molecule has 1 N–H and O–H groups in total.